The predicted molar refractivity (Wildman–Crippen MR) is 95.3 cm³/mol. The summed E-state index contributed by atoms with van der Waals surface area (Å²) >= 11 is 0. The first kappa shape index (κ1) is 16.8. The van der Waals surface area contributed by atoms with E-state index >= 15 is 0 Å². The zero-order valence-electron chi connectivity index (χ0n) is 15.1. The lowest BCUT2D eigenvalue weighted by molar-refractivity contribution is -0.149. The number of hydrogen-bond donors (Lipinski definition) is 2. The molecule has 0 radical (unpaired) electrons. The van der Waals surface area contributed by atoms with E-state index in [1.807, 2.05) is 30.5 Å². The summed E-state index contributed by atoms with van der Waals surface area (Å²) < 4.78 is 1.66. The molecule has 0 saturated carbocycles. The van der Waals surface area contributed by atoms with Crippen LogP contribution in [0.5, 0.6) is 0 Å². The van der Waals surface area contributed by atoms with E-state index in [1.54, 1.807) is 22.8 Å². The standard InChI is InChI=1S/C19H22N4O3/c1-18(2,26)17(25)23-9-8-19(15(23)12-10-20-22(3)11-12)13-6-4-5-7-14(13)21-16(19)24/h4-7,10-11,15,26H,8-9H2,1-3H3,(H,21,24). The van der Waals surface area contributed by atoms with Crippen molar-refractivity contribution in [2.24, 2.45) is 7.05 Å². The molecule has 3 heterocycles. The van der Waals surface area contributed by atoms with E-state index < -0.39 is 17.1 Å². The molecule has 1 aromatic carbocycles. The van der Waals surface area contributed by atoms with Gasteiger partial charge in [0.05, 0.1) is 12.2 Å². The number of aromatic nitrogens is 2. The highest BCUT2D eigenvalue weighted by molar-refractivity contribution is 6.08. The van der Waals surface area contributed by atoms with Gasteiger partial charge in [-0.3, -0.25) is 14.3 Å². The monoisotopic (exact) mass is 354 g/mol. The number of amides is 2. The molecule has 1 saturated heterocycles. The summed E-state index contributed by atoms with van der Waals surface area (Å²) in [6.07, 6.45) is 4.02. The van der Waals surface area contributed by atoms with Gasteiger partial charge in [-0.25, -0.2) is 0 Å². The molecule has 4 rings (SSSR count). The van der Waals surface area contributed by atoms with Crippen molar-refractivity contribution in [3.8, 4) is 0 Å². The molecule has 2 N–H and O–H groups in total. The molecule has 26 heavy (non-hydrogen) atoms. The lowest BCUT2D eigenvalue weighted by Gasteiger charge is -2.35. The fraction of sp³-hybridized carbons (Fsp3) is 0.421. The fourth-order valence-electron chi connectivity index (χ4n) is 4.30. The number of carbonyl (C=O) groups is 2. The Hall–Kier alpha value is -2.67. The van der Waals surface area contributed by atoms with Gasteiger partial charge in [-0.1, -0.05) is 18.2 Å². The van der Waals surface area contributed by atoms with Crippen LogP contribution >= 0.6 is 0 Å². The third-order valence-corrected chi connectivity index (χ3v) is 5.41. The van der Waals surface area contributed by atoms with Crippen molar-refractivity contribution >= 4 is 17.5 Å². The van der Waals surface area contributed by atoms with Gasteiger partial charge in [0, 0.05) is 31.0 Å². The van der Waals surface area contributed by atoms with Gasteiger partial charge >= 0.3 is 0 Å². The van der Waals surface area contributed by atoms with E-state index in [2.05, 4.69) is 10.4 Å². The van der Waals surface area contributed by atoms with Gasteiger partial charge in [0.1, 0.15) is 11.0 Å². The van der Waals surface area contributed by atoms with Gasteiger partial charge in [-0.2, -0.15) is 5.10 Å². The van der Waals surface area contributed by atoms with Crippen molar-refractivity contribution in [1.82, 2.24) is 14.7 Å². The Bertz CT molecular complexity index is 898. The molecule has 1 fully saturated rings. The second kappa shape index (κ2) is 5.41. The number of fused-ring (bicyclic) bond motifs is 2. The minimum Gasteiger partial charge on any atom is -0.381 e. The molecule has 2 aromatic rings. The molecular weight excluding hydrogens is 332 g/mol. The molecule has 136 valence electrons. The molecule has 2 atom stereocenters. The van der Waals surface area contributed by atoms with E-state index in [0.29, 0.717) is 13.0 Å². The van der Waals surface area contributed by atoms with Crippen LogP contribution in [0.15, 0.2) is 36.7 Å². The largest absolute Gasteiger partial charge is 0.381 e. The van der Waals surface area contributed by atoms with Gasteiger partial charge < -0.3 is 15.3 Å². The van der Waals surface area contributed by atoms with Crippen molar-refractivity contribution in [1.29, 1.82) is 0 Å². The summed E-state index contributed by atoms with van der Waals surface area (Å²) in [7, 11) is 1.80. The van der Waals surface area contributed by atoms with Crippen LogP contribution in [-0.2, 0) is 22.1 Å². The number of hydrogen-bond acceptors (Lipinski definition) is 4. The fourth-order valence-corrected chi connectivity index (χ4v) is 4.30. The second-order valence-corrected chi connectivity index (χ2v) is 7.63. The summed E-state index contributed by atoms with van der Waals surface area (Å²) in [6.45, 7) is 3.34. The summed E-state index contributed by atoms with van der Waals surface area (Å²) in [5.41, 5.74) is 0.0736. The van der Waals surface area contributed by atoms with Crippen LogP contribution in [0.4, 0.5) is 5.69 Å². The molecule has 2 unspecified atom stereocenters. The summed E-state index contributed by atoms with van der Waals surface area (Å²) in [4.78, 5) is 27.7. The van der Waals surface area contributed by atoms with Crippen LogP contribution in [0, 0.1) is 0 Å². The van der Waals surface area contributed by atoms with Crippen LogP contribution in [0.3, 0.4) is 0 Å². The van der Waals surface area contributed by atoms with Crippen LogP contribution < -0.4 is 5.32 Å². The number of nitrogens with zero attached hydrogens (tertiary/aromatic N) is 3. The number of rotatable bonds is 2. The number of aryl methyl sites for hydroxylation is 1. The maximum atomic E-state index is 13.1. The Morgan fingerprint density at radius 3 is 2.77 bits per heavy atom. The van der Waals surface area contributed by atoms with Crippen LogP contribution in [0.2, 0.25) is 0 Å². The Labute approximate surface area is 151 Å². The molecular formula is C19H22N4O3. The number of carbonyl (C=O) groups excluding carboxylic acids is 2. The van der Waals surface area contributed by atoms with Gasteiger partial charge in [0.25, 0.3) is 5.91 Å². The van der Waals surface area contributed by atoms with Crippen molar-refractivity contribution in [2.75, 3.05) is 11.9 Å². The van der Waals surface area contributed by atoms with E-state index in [4.69, 9.17) is 0 Å². The van der Waals surface area contributed by atoms with Gasteiger partial charge in [0.15, 0.2) is 0 Å². The molecule has 2 aliphatic heterocycles. The quantitative estimate of drug-likeness (QED) is 0.852. The molecule has 1 aromatic heterocycles. The number of para-hydroxylation sites is 1. The predicted octanol–water partition coefficient (Wildman–Crippen LogP) is 1.35. The maximum Gasteiger partial charge on any atom is 0.254 e. The topological polar surface area (TPSA) is 87.5 Å². The van der Waals surface area contributed by atoms with Gasteiger partial charge in [0.2, 0.25) is 5.91 Å². The molecule has 1 spiro atoms. The third-order valence-electron chi connectivity index (χ3n) is 5.41. The molecule has 7 heteroatoms. The first-order valence-electron chi connectivity index (χ1n) is 8.68. The molecule has 7 nitrogen and oxygen atoms in total. The number of nitrogens with one attached hydrogen (secondary N) is 1. The van der Waals surface area contributed by atoms with Crippen LogP contribution in [0.1, 0.15) is 37.4 Å². The summed E-state index contributed by atoms with van der Waals surface area (Å²) in [6, 6.07) is 7.09. The molecule has 2 amide bonds. The van der Waals surface area contributed by atoms with E-state index in [-0.39, 0.29) is 11.8 Å². The van der Waals surface area contributed by atoms with Gasteiger partial charge in [-0.15, -0.1) is 0 Å². The Kier molecular flexibility index (Phi) is 3.49. The van der Waals surface area contributed by atoms with Crippen LogP contribution in [0.25, 0.3) is 0 Å². The Morgan fingerprint density at radius 1 is 1.38 bits per heavy atom. The highest BCUT2D eigenvalue weighted by Gasteiger charge is 2.60. The van der Waals surface area contributed by atoms with E-state index in [1.165, 1.54) is 13.8 Å². The maximum absolute atomic E-state index is 13.1. The average Bonchev–Trinajstić information content (AvgIpc) is 3.24. The van der Waals surface area contributed by atoms with E-state index in [0.717, 1.165) is 16.8 Å². The third kappa shape index (κ3) is 2.20. The smallest absolute Gasteiger partial charge is 0.254 e. The Balaban J connectivity index is 1.90. The summed E-state index contributed by atoms with van der Waals surface area (Å²) in [5.74, 6) is -0.501. The highest BCUT2D eigenvalue weighted by atomic mass is 16.3. The SMILES string of the molecule is Cn1cc(C2N(C(=O)C(C)(C)O)CCC23C(=O)Nc2ccccc23)cn1. The number of benzene rings is 1. The first-order valence-corrected chi connectivity index (χ1v) is 8.68. The van der Waals surface area contributed by atoms with Crippen molar-refractivity contribution in [3.05, 3.63) is 47.8 Å². The molecule has 2 aliphatic rings. The van der Waals surface area contributed by atoms with Crippen LogP contribution in [-0.4, -0.2) is 43.7 Å². The minimum atomic E-state index is -1.51. The zero-order chi connectivity index (χ0) is 18.7. The first-order chi connectivity index (χ1) is 12.2. The second-order valence-electron chi connectivity index (χ2n) is 7.63. The van der Waals surface area contributed by atoms with E-state index in [9.17, 15) is 14.7 Å². The van der Waals surface area contributed by atoms with Crippen molar-refractivity contribution in [2.45, 2.75) is 37.3 Å². The highest BCUT2D eigenvalue weighted by Crippen LogP contribution is 2.54. The minimum absolute atomic E-state index is 0.112. The van der Waals surface area contributed by atoms with Crippen molar-refractivity contribution < 1.29 is 14.7 Å². The average molecular weight is 354 g/mol. The lowest BCUT2D eigenvalue weighted by Crippen LogP contribution is -2.48. The number of likely N-dealkylation sites (tertiary alicyclic amines) is 1. The molecule has 0 bridgehead atoms. The number of anilines is 1. The Morgan fingerprint density at radius 2 is 2.12 bits per heavy atom. The van der Waals surface area contributed by atoms with Crippen molar-refractivity contribution in [3.63, 3.8) is 0 Å². The normalized spacial score (nSPS) is 24.8. The van der Waals surface area contributed by atoms with Gasteiger partial charge in [-0.05, 0) is 31.9 Å². The molecule has 0 aliphatic carbocycles. The summed E-state index contributed by atoms with van der Waals surface area (Å²) in [5, 5.41) is 17.5. The number of aliphatic hydroxyl groups is 1. The lowest BCUT2D eigenvalue weighted by atomic mass is 9.73. The zero-order valence-corrected chi connectivity index (χ0v) is 15.1.